The molecule has 0 aliphatic heterocycles. The van der Waals surface area contributed by atoms with Crippen molar-refractivity contribution in [3.63, 3.8) is 0 Å². The van der Waals surface area contributed by atoms with Gasteiger partial charge in [0, 0.05) is 5.56 Å². The van der Waals surface area contributed by atoms with Crippen LogP contribution in [0.25, 0.3) is 10.6 Å². The van der Waals surface area contributed by atoms with E-state index in [1.807, 2.05) is 0 Å². The zero-order valence-corrected chi connectivity index (χ0v) is 8.86. The summed E-state index contributed by atoms with van der Waals surface area (Å²) < 4.78 is 17.4. The lowest BCUT2D eigenvalue weighted by atomic mass is 10.1. The van der Waals surface area contributed by atoms with Gasteiger partial charge in [-0.1, -0.05) is 12.1 Å². The van der Waals surface area contributed by atoms with Crippen molar-refractivity contribution in [2.45, 2.75) is 6.92 Å². The van der Waals surface area contributed by atoms with Gasteiger partial charge < -0.3 is 0 Å². The fourth-order valence-electron chi connectivity index (χ4n) is 1.13. The fourth-order valence-corrected chi connectivity index (χ4v) is 1.95. The van der Waals surface area contributed by atoms with Gasteiger partial charge >= 0.3 is 0 Å². The summed E-state index contributed by atoms with van der Waals surface area (Å²) in [5.74, 6) is -0.264. The highest BCUT2D eigenvalue weighted by Crippen LogP contribution is 2.26. The second kappa shape index (κ2) is 3.63. The Labute approximate surface area is 89.5 Å². The van der Waals surface area contributed by atoms with Gasteiger partial charge in [-0.05, 0) is 41.7 Å². The molecular formula is C9H6ClFN2S. The van der Waals surface area contributed by atoms with Crippen LogP contribution >= 0.6 is 23.1 Å². The molecule has 1 aromatic heterocycles. The van der Waals surface area contributed by atoms with Crippen LogP contribution in [0.5, 0.6) is 0 Å². The van der Waals surface area contributed by atoms with E-state index in [0.29, 0.717) is 16.1 Å². The van der Waals surface area contributed by atoms with Crippen molar-refractivity contribution in [3.8, 4) is 10.6 Å². The third-order valence-electron chi connectivity index (χ3n) is 1.82. The third-order valence-corrected chi connectivity index (χ3v) is 2.84. The van der Waals surface area contributed by atoms with Gasteiger partial charge in [-0.2, -0.15) is 4.37 Å². The second-order valence-corrected chi connectivity index (χ2v) is 3.89. The van der Waals surface area contributed by atoms with Crippen LogP contribution in [-0.4, -0.2) is 9.36 Å². The number of nitrogens with zero attached hydrogens (tertiary/aromatic N) is 2. The maximum Gasteiger partial charge on any atom is 0.234 e. The van der Waals surface area contributed by atoms with Crippen LogP contribution in [-0.2, 0) is 0 Å². The molecule has 0 amide bonds. The molecular weight excluding hydrogens is 223 g/mol. The summed E-state index contributed by atoms with van der Waals surface area (Å²) in [5.41, 5.74) is 1.04. The number of benzene rings is 1. The Kier molecular flexibility index (Phi) is 2.48. The zero-order chi connectivity index (χ0) is 10.1. The lowest BCUT2D eigenvalue weighted by molar-refractivity contribution is 0.622. The molecule has 0 aliphatic carbocycles. The van der Waals surface area contributed by atoms with Gasteiger partial charge in [-0.15, -0.1) is 0 Å². The maximum atomic E-state index is 13.6. The molecule has 2 nitrogen and oxygen atoms in total. The van der Waals surface area contributed by atoms with Crippen molar-refractivity contribution in [1.29, 1.82) is 0 Å². The summed E-state index contributed by atoms with van der Waals surface area (Å²) >= 11 is 6.66. The van der Waals surface area contributed by atoms with Gasteiger partial charge in [0.15, 0.2) is 0 Å². The zero-order valence-electron chi connectivity index (χ0n) is 7.29. The normalized spacial score (nSPS) is 10.5. The first-order valence-electron chi connectivity index (χ1n) is 3.93. The molecule has 1 heterocycles. The predicted molar refractivity (Wildman–Crippen MR) is 55.1 cm³/mol. The standard InChI is InChI=1S/C9H6ClFN2S/c1-5-3-2-4-6(7(5)11)8-12-9(10)13-14-8/h2-4H,1H3. The van der Waals surface area contributed by atoms with E-state index in [2.05, 4.69) is 9.36 Å². The highest BCUT2D eigenvalue weighted by Gasteiger charge is 2.11. The molecule has 0 radical (unpaired) electrons. The summed E-state index contributed by atoms with van der Waals surface area (Å²) in [7, 11) is 0. The van der Waals surface area contributed by atoms with Crippen LogP contribution in [0.4, 0.5) is 4.39 Å². The van der Waals surface area contributed by atoms with Crippen LogP contribution in [0.2, 0.25) is 5.28 Å². The molecule has 0 aliphatic rings. The summed E-state index contributed by atoms with van der Waals surface area (Å²) in [6.45, 7) is 1.71. The largest absolute Gasteiger partial charge is 0.234 e. The van der Waals surface area contributed by atoms with E-state index in [0.717, 1.165) is 11.5 Å². The van der Waals surface area contributed by atoms with Crippen LogP contribution in [0.3, 0.4) is 0 Å². The first-order chi connectivity index (χ1) is 6.68. The van der Waals surface area contributed by atoms with E-state index in [9.17, 15) is 4.39 Å². The van der Waals surface area contributed by atoms with E-state index in [4.69, 9.17) is 11.6 Å². The first kappa shape index (κ1) is 9.55. The van der Waals surface area contributed by atoms with Crippen LogP contribution in [0, 0.1) is 12.7 Å². The molecule has 0 spiro atoms. The average Bonchev–Trinajstić information content (AvgIpc) is 2.57. The Balaban J connectivity index is 2.57. The van der Waals surface area contributed by atoms with Crippen LogP contribution < -0.4 is 0 Å². The first-order valence-corrected chi connectivity index (χ1v) is 5.08. The predicted octanol–water partition coefficient (Wildman–Crippen LogP) is 3.31. The molecule has 0 saturated heterocycles. The Morgan fingerprint density at radius 3 is 2.86 bits per heavy atom. The van der Waals surface area contributed by atoms with Crippen molar-refractivity contribution in [3.05, 3.63) is 34.9 Å². The smallest absolute Gasteiger partial charge is 0.206 e. The van der Waals surface area contributed by atoms with Crippen LogP contribution in [0.1, 0.15) is 5.56 Å². The fraction of sp³-hybridized carbons (Fsp3) is 0.111. The lowest BCUT2D eigenvalue weighted by Gasteiger charge is -2.00. The minimum Gasteiger partial charge on any atom is -0.206 e. The quantitative estimate of drug-likeness (QED) is 0.749. The summed E-state index contributed by atoms with van der Waals surface area (Å²) in [6.07, 6.45) is 0. The van der Waals surface area contributed by atoms with E-state index >= 15 is 0 Å². The molecule has 0 N–H and O–H groups in total. The molecule has 72 valence electrons. The highest BCUT2D eigenvalue weighted by molar-refractivity contribution is 7.09. The average molecular weight is 229 g/mol. The number of hydrogen-bond acceptors (Lipinski definition) is 3. The highest BCUT2D eigenvalue weighted by atomic mass is 35.5. The van der Waals surface area contributed by atoms with Gasteiger partial charge in [0.25, 0.3) is 0 Å². The summed E-state index contributed by atoms with van der Waals surface area (Å²) in [6, 6.07) is 5.16. The minimum absolute atomic E-state index is 0.158. The van der Waals surface area contributed by atoms with Crippen molar-refractivity contribution in [2.24, 2.45) is 0 Å². The third kappa shape index (κ3) is 1.63. The van der Waals surface area contributed by atoms with Crippen molar-refractivity contribution in [1.82, 2.24) is 9.36 Å². The number of aromatic nitrogens is 2. The van der Waals surface area contributed by atoms with Gasteiger partial charge in [0.1, 0.15) is 10.8 Å². The van der Waals surface area contributed by atoms with E-state index < -0.39 is 0 Å². The minimum atomic E-state index is -0.264. The van der Waals surface area contributed by atoms with Gasteiger partial charge in [-0.3, -0.25) is 0 Å². The lowest BCUT2D eigenvalue weighted by Crippen LogP contribution is -1.86. The second-order valence-electron chi connectivity index (χ2n) is 2.81. The number of hydrogen-bond donors (Lipinski definition) is 0. The molecule has 0 saturated carbocycles. The number of rotatable bonds is 1. The Morgan fingerprint density at radius 2 is 2.21 bits per heavy atom. The van der Waals surface area contributed by atoms with E-state index in [-0.39, 0.29) is 11.1 Å². The maximum absolute atomic E-state index is 13.6. The van der Waals surface area contributed by atoms with Crippen LogP contribution in [0.15, 0.2) is 18.2 Å². The number of aryl methyl sites for hydroxylation is 1. The van der Waals surface area contributed by atoms with Crippen molar-refractivity contribution in [2.75, 3.05) is 0 Å². The van der Waals surface area contributed by atoms with Gasteiger partial charge in [0.2, 0.25) is 5.28 Å². The molecule has 5 heteroatoms. The SMILES string of the molecule is Cc1cccc(-c2nc(Cl)ns2)c1F. The van der Waals surface area contributed by atoms with Crippen molar-refractivity contribution >= 4 is 23.1 Å². The number of halogens is 2. The molecule has 0 fully saturated rings. The molecule has 2 aromatic rings. The Bertz CT molecular complexity index is 470. The Hall–Kier alpha value is -1.000. The van der Waals surface area contributed by atoms with Gasteiger partial charge in [-0.25, -0.2) is 9.37 Å². The molecule has 2 rings (SSSR count). The monoisotopic (exact) mass is 228 g/mol. The van der Waals surface area contributed by atoms with Crippen molar-refractivity contribution < 1.29 is 4.39 Å². The summed E-state index contributed by atoms with van der Waals surface area (Å²) in [4.78, 5) is 3.92. The van der Waals surface area contributed by atoms with E-state index in [1.54, 1.807) is 25.1 Å². The van der Waals surface area contributed by atoms with E-state index in [1.165, 1.54) is 0 Å². The topological polar surface area (TPSA) is 25.8 Å². The molecule has 1 aromatic carbocycles. The Morgan fingerprint density at radius 1 is 1.43 bits per heavy atom. The molecule has 0 bridgehead atoms. The summed E-state index contributed by atoms with van der Waals surface area (Å²) in [5, 5.41) is 0.669. The molecule has 0 unspecified atom stereocenters. The molecule has 0 atom stereocenters. The molecule has 14 heavy (non-hydrogen) atoms. The van der Waals surface area contributed by atoms with Gasteiger partial charge in [0.05, 0.1) is 0 Å².